The van der Waals surface area contributed by atoms with Gasteiger partial charge in [-0.15, -0.1) is 0 Å². The number of aliphatic hydroxyl groups is 1. The molecule has 1 aliphatic carbocycles. The Kier molecular flexibility index (Phi) is 5.22. The molecule has 0 radical (unpaired) electrons. The molecule has 0 amide bonds. The summed E-state index contributed by atoms with van der Waals surface area (Å²) in [6, 6.07) is 0.326. The molecule has 3 N–H and O–H groups in total. The standard InChI is InChI=1S/C12H23NO3/c1-8(2)11(7-14)13-10-5-3-4-9(6-10)12(15)16/h8-11,13-14H,3-7H2,1-2H3,(H,15,16). The number of aliphatic carboxylic acids is 1. The Bertz CT molecular complexity index is 230. The van der Waals surface area contributed by atoms with Gasteiger partial charge in [-0.3, -0.25) is 4.79 Å². The average Bonchev–Trinajstić information content (AvgIpc) is 2.25. The summed E-state index contributed by atoms with van der Waals surface area (Å²) in [5.74, 6) is -0.524. The van der Waals surface area contributed by atoms with Crippen LogP contribution in [0.5, 0.6) is 0 Å². The number of carboxylic acids is 1. The fourth-order valence-corrected chi connectivity index (χ4v) is 2.32. The average molecular weight is 229 g/mol. The molecule has 0 aromatic heterocycles. The molecule has 3 atom stereocenters. The Morgan fingerprint density at radius 1 is 1.44 bits per heavy atom. The summed E-state index contributed by atoms with van der Waals surface area (Å²) in [5.41, 5.74) is 0. The summed E-state index contributed by atoms with van der Waals surface area (Å²) < 4.78 is 0. The highest BCUT2D eigenvalue weighted by Gasteiger charge is 2.28. The van der Waals surface area contributed by atoms with E-state index in [0.717, 1.165) is 19.3 Å². The molecule has 0 aliphatic heterocycles. The largest absolute Gasteiger partial charge is 0.481 e. The number of carbonyl (C=O) groups is 1. The van der Waals surface area contributed by atoms with Crippen molar-refractivity contribution >= 4 is 5.97 Å². The minimum absolute atomic E-state index is 0.0811. The Labute approximate surface area is 97.0 Å². The van der Waals surface area contributed by atoms with E-state index < -0.39 is 5.97 Å². The van der Waals surface area contributed by atoms with E-state index in [1.54, 1.807) is 0 Å². The van der Waals surface area contributed by atoms with Gasteiger partial charge in [0.2, 0.25) is 0 Å². The van der Waals surface area contributed by atoms with Gasteiger partial charge < -0.3 is 15.5 Å². The molecular weight excluding hydrogens is 206 g/mol. The summed E-state index contributed by atoms with van der Waals surface area (Å²) in [6.45, 7) is 4.24. The van der Waals surface area contributed by atoms with Crippen LogP contribution in [0.25, 0.3) is 0 Å². The van der Waals surface area contributed by atoms with E-state index in [2.05, 4.69) is 19.2 Å². The molecule has 0 aromatic rings. The van der Waals surface area contributed by atoms with Crippen LogP contribution in [0.3, 0.4) is 0 Å². The van der Waals surface area contributed by atoms with E-state index in [1.807, 2.05) is 0 Å². The Morgan fingerprint density at radius 3 is 2.62 bits per heavy atom. The van der Waals surface area contributed by atoms with Crippen molar-refractivity contribution in [3.63, 3.8) is 0 Å². The Hall–Kier alpha value is -0.610. The number of nitrogens with one attached hydrogen (secondary N) is 1. The van der Waals surface area contributed by atoms with Crippen molar-refractivity contribution in [3.8, 4) is 0 Å². The maximum atomic E-state index is 10.9. The van der Waals surface area contributed by atoms with Crippen molar-refractivity contribution < 1.29 is 15.0 Å². The summed E-state index contributed by atoms with van der Waals surface area (Å²) >= 11 is 0. The molecule has 1 aliphatic rings. The lowest BCUT2D eigenvalue weighted by atomic mass is 9.85. The predicted molar refractivity (Wildman–Crippen MR) is 62.2 cm³/mol. The number of aliphatic hydroxyl groups excluding tert-OH is 1. The molecule has 1 saturated carbocycles. The van der Waals surface area contributed by atoms with E-state index >= 15 is 0 Å². The predicted octanol–water partition coefficient (Wildman–Crippen LogP) is 1.24. The minimum atomic E-state index is -0.684. The van der Waals surface area contributed by atoms with Gasteiger partial charge in [0.1, 0.15) is 0 Å². The quantitative estimate of drug-likeness (QED) is 0.663. The van der Waals surface area contributed by atoms with Crippen LogP contribution >= 0.6 is 0 Å². The van der Waals surface area contributed by atoms with E-state index in [4.69, 9.17) is 5.11 Å². The topological polar surface area (TPSA) is 69.6 Å². The molecule has 1 rings (SSSR count). The molecule has 94 valence electrons. The zero-order chi connectivity index (χ0) is 12.1. The first-order chi connectivity index (χ1) is 7.54. The second-order valence-corrected chi connectivity index (χ2v) is 5.10. The maximum Gasteiger partial charge on any atom is 0.306 e. The van der Waals surface area contributed by atoms with Gasteiger partial charge in [0.15, 0.2) is 0 Å². The Morgan fingerprint density at radius 2 is 2.12 bits per heavy atom. The number of carboxylic acid groups (broad SMARTS) is 1. The Balaban J connectivity index is 2.44. The lowest BCUT2D eigenvalue weighted by Crippen LogP contribution is -2.46. The first kappa shape index (κ1) is 13.5. The van der Waals surface area contributed by atoms with Crippen LogP contribution in [0.15, 0.2) is 0 Å². The van der Waals surface area contributed by atoms with Crippen LogP contribution in [-0.4, -0.2) is 34.9 Å². The van der Waals surface area contributed by atoms with Crippen LogP contribution in [-0.2, 0) is 4.79 Å². The summed E-state index contributed by atoms with van der Waals surface area (Å²) in [6.07, 6.45) is 3.47. The second-order valence-electron chi connectivity index (χ2n) is 5.10. The molecule has 0 spiro atoms. The summed E-state index contributed by atoms with van der Waals surface area (Å²) in [5, 5.41) is 21.6. The van der Waals surface area contributed by atoms with Crippen LogP contribution in [0, 0.1) is 11.8 Å². The highest BCUT2D eigenvalue weighted by atomic mass is 16.4. The molecule has 4 heteroatoms. The normalized spacial score (nSPS) is 28.0. The molecule has 0 bridgehead atoms. The van der Waals surface area contributed by atoms with E-state index in [0.29, 0.717) is 12.3 Å². The van der Waals surface area contributed by atoms with Gasteiger partial charge in [-0.2, -0.15) is 0 Å². The van der Waals surface area contributed by atoms with Gasteiger partial charge in [-0.1, -0.05) is 20.3 Å². The lowest BCUT2D eigenvalue weighted by Gasteiger charge is -2.32. The van der Waals surface area contributed by atoms with Crippen molar-refractivity contribution in [1.29, 1.82) is 0 Å². The molecule has 3 unspecified atom stereocenters. The molecule has 0 aromatic carbocycles. The third-order valence-corrected chi connectivity index (χ3v) is 3.47. The third kappa shape index (κ3) is 3.76. The molecule has 0 heterocycles. The van der Waals surface area contributed by atoms with Crippen molar-refractivity contribution in [3.05, 3.63) is 0 Å². The van der Waals surface area contributed by atoms with Crippen molar-refractivity contribution in [2.75, 3.05) is 6.61 Å². The van der Waals surface area contributed by atoms with Gasteiger partial charge in [0.05, 0.1) is 12.5 Å². The first-order valence-electron chi connectivity index (χ1n) is 6.14. The minimum Gasteiger partial charge on any atom is -0.481 e. The van der Waals surface area contributed by atoms with Crippen LogP contribution < -0.4 is 5.32 Å². The van der Waals surface area contributed by atoms with Crippen LogP contribution in [0.4, 0.5) is 0 Å². The van der Waals surface area contributed by atoms with Gasteiger partial charge in [0.25, 0.3) is 0 Å². The number of rotatable bonds is 5. The van der Waals surface area contributed by atoms with Gasteiger partial charge in [0, 0.05) is 12.1 Å². The lowest BCUT2D eigenvalue weighted by molar-refractivity contribution is -0.143. The fraction of sp³-hybridized carbons (Fsp3) is 0.917. The molecule has 16 heavy (non-hydrogen) atoms. The van der Waals surface area contributed by atoms with Gasteiger partial charge >= 0.3 is 5.97 Å². The molecular formula is C12H23NO3. The van der Waals surface area contributed by atoms with Gasteiger partial charge in [-0.05, 0) is 25.2 Å². The fourth-order valence-electron chi connectivity index (χ4n) is 2.32. The zero-order valence-electron chi connectivity index (χ0n) is 10.1. The third-order valence-electron chi connectivity index (χ3n) is 3.47. The summed E-state index contributed by atoms with van der Waals surface area (Å²) in [7, 11) is 0. The molecule has 1 fully saturated rings. The van der Waals surface area contributed by atoms with E-state index in [-0.39, 0.29) is 24.6 Å². The smallest absolute Gasteiger partial charge is 0.306 e. The van der Waals surface area contributed by atoms with E-state index in [9.17, 15) is 9.90 Å². The molecule has 0 saturated heterocycles. The SMILES string of the molecule is CC(C)C(CO)NC1CCCC(C(=O)O)C1. The highest BCUT2D eigenvalue weighted by molar-refractivity contribution is 5.70. The van der Waals surface area contributed by atoms with Gasteiger partial charge in [-0.25, -0.2) is 0 Å². The first-order valence-corrected chi connectivity index (χ1v) is 6.14. The van der Waals surface area contributed by atoms with Crippen molar-refractivity contribution in [1.82, 2.24) is 5.32 Å². The highest BCUT2D eigenvalue weighted by Crippen LogP contribution is 2.25. The van der Waals surface area contributed by atoms with Crippen molar-refractivity contribution in [2.24, 2.45) is 11.8 Å². The van der Waals surface area contributed by atoms with Crippen molar-refractivity contribution in [2.45, 2.75) is 51.6 Å². The van der Waals surface area contributed by atoms with E-state index in [1.165, 1.54) is 0 Å². The van der Waals surface area contributed by atoms with Crippen LogP contribution in [0.2, 0.25) is 0 Å². The molecule has 4 nitrogen and oxygen atoms in total. The second kappa shape index (κ2) is 6.21. The number of hydrogen-bond donors (Lipinski definition) is 3. The maximum absolute atomic E-state index is 10.9. The summed E-state index contributed by atoms with van der Waals surface area (Å²) in [4.78, 5) is 10.9. The van der Waals surface area contributed by atoms with Crippen LogP contribution in [0.1, 0.15) is 39.5 Å². The monoisotopic (exact) mass is 229 g/mol. The zero-order valence-corrected chi connectivity index (χ0v) is 10.1. The number of hydrogen-bond acceptors (Lipinski definition) is 3.